The quantitative estimate of drug-likeness (QED) is 0.344. The minimum Gasteiger partial charge on any atom is -0.367 e. The van der Waals surface area contributed by atoms with Crippen LogP contribution in [0.25, 0.3) is 22.4 Å². The van der Waals surface area contributed by atoms with Crippen LogP contribution in [-0.2, 0) is 7.05 Å². The highest BCUT2D eigenvalue weighted by Crippen LogP contribution is 2.24. The minimum absolute atomic E-state index is 0.176. The van der Waals surface area contributed by atoms with Gasteiger partial charge in [0, 0.05) is 31.5 Å². The van der Waals surface area contributed by atoms with Crippen LogP contribution >= 0.6 is 0 Å². The molecule has 1 fully saturated rings. The van der Waals surface area contributed by atoms with Crippen molar-refractivity contribution >= 4 is 22.8 Å². The zero-order valence-electron chi connectivity index (χ0n) is 20.8. The molecule has 0 aromatic carbocycles. The first-order chi connectivity index (χ1) is 18.5. The lowest BCUT2D eigenvalue weighted by Gasteiger charge is -2.16. The maximum atomic E-state index is 13.6. The first-order valence-electron chi connectivity index (χ1n) is 12.2. The molecule has 1 aliphatic carbocycles. The predicted octanol–water partition coefficient (Wildman–Crippen LogP) is 1.60. The van der Waals surface area contributed by atoms with Crippen molar-refractivity contribution in [3.05, 3.63) is 81.8 Å². The van der Waals surface area contributed by atoms with Crippen LogP contribution in [0.15, 0.2) is 64.8 Å². The van der Waals surface area contributed by atoms with E-state index >= 15 is 0 Å². The Morgan fingerprint density at radius 1 is 0.895 bits per heavy atom. The van der Waals surface area contributed by atoms with Gasteiger partial charge in [-0.15, -0.1) is 5.10 Å². The largest absolute Gasteiger partial charge is 0.367 e. The van der Waals surface area contributed by atoms with Crippen LogP contribution in [0.5, 0.6) is 0 Å². The van der Waals surface area contributed by atoms with E-state index in [0.717, 1.165) is 29.5 Å². The number of hydrogen-bond acceptors (Lipinski definition) is 10. The van der Waals surface area contributed by atoms with E-state index in [0.29, 0.717) is 28.7 Å². The van der Waals surface area contributed by atoms with Crippen molar-refractivity contribution < 1.29 is 0 Å². The number of anilines is 2. The summed E-state index contributed by atoms with van der Waals surface area (Å²) in [5.74, 6) is 1.18. The SMILES string of the molecule is Cc1cnc(N[C@H]2CC[C@H](Nc3ccc(-n4c(=O)c5ncccc5n(-c5cnn(C)c5)c4=O)cn3)C2)nn1. The number of nitrogens with zero attached hydrogens (tertiary/aromatic N) is 9. The third-order valence-corrected chi connectivity index (χ3v) is 6.57. The number of aromatic nitrogens is 9. The minimum atomic E-state index is -0.525. The topological polar surface area (TPSA) is 150 Å². The maximum absolute atomic E-state index is 13.6. The Labute approximate surface area is 216 Å². The number of aryl methyl sites for hydroxylation is 2. The molecule has 1 aliphatic rings. The summed E-state index contributed by atoms with van der Waals surface area (Å²) in [5.41, 5.74) is 1.21. The van der Waals surface area contributed by atoms with Crippen molar-refractivity contribution in [2.75, 3.05) is 10.6 Å². The van der Waals surface area contributed by atoms with Crippen molar-refractivity contribution in [1.29, 1.82) is 0 Å². The molecule has 5 aromatic heterocycles. The van der Waals surface area contributed by atoms with Crippen molar-refractivity contribution in [2.45, 2.75) is 38.3 Å². The van der Waals surface area contributed by atoms with Gasteiger partial charge in [-0.3, -0.25) is 14.0 Å². The molecule has 0 saturated heterocycles. The summed E-state index contributed by atoms with van der Waals surface area (Å²) < 4.78 is 4.11. The third kappa shape index (κ3) is 4.38. The van der Waals surface area contributed by atoms with Crippen molar-refractivity contribution in [3.63, 3.8) is 0 Å². The standard InChI is InChI=1S/C25H25N11O2/c1-15-11-28-24(33-32-15)31-17-6-5-16(10-17)30-21-8-7-18(12-27-21)36-23(37)22-20(4-3-9-26-22)35(25(36)38)19-13-29-34(2)14-19/h3-4,7-9,11-14,16-17H,5-6,10H2,1-2H3,(H,27,30)(H,28,31,33)/t16-,17-/m0/s1. The summed E-state index contributed by atoms with van der Waals surface area (Å²) in [6.45, 7) is 1.85. The van der Waals surface area contributed by atoms with Gasteiger partial charge in [0.15, 0.2) is 5.52 Å². The Morgan fingerprint density at radius 2 is 1.74 bits per heavy atom. The molecule has 6 rings (SSSR count). The summed E-state index contributed by atoms with van der Waals surface area (Å²) in [5, 5.41) is 19.1. The molecule has 13 heteroatoms. The first-order valence-corrected chi connectivity index (χ1v) is 12.2. The maximum Gasteiger partial charge on any atom is 0.341 e. The fourth-order valence-corrected chi connectivity index (χ4v) is 4.78. The van der Waals surface area contributed by atoms with Gasteiger partial charge in [-0.25, -0.2) is 24.3 Å². The molecule has 13 nitrogen and oxygen atoms in total. The van der Waals surface area contributed by atoms with E-state index in [1.807, 2.05) is 6.92 Å². The molecule has 0 unspecified atom stereocenters. The number of nitrogens with one attached hydrogen (secondary N) is 2. The first kappa shape index (κ1) is 23.5. The van der Waals surface area contributed by atoms with Crippen LogP contribution in [0, 0.1) is 6.92 Å². The molecular weight excluding hydrogens is 486 g/mol. The second-order valence-electron chi connectivity index (χ2n) is 9.32. The number of hydrogen-bond donors (Lipinski definition) is 2. The molecule has 2 atom stereocenters. The highest BCUT2D eigenvalue weighted by molar-refractivity contribution is 5.75. The second-order valence-corrected chi connectivity index (χ2v) is 9.32. The van der Waals surface area contributed by atoms with Crippen LogP contribution in [0.2, 0.25) is 0 Å². The summed E-state index contributed by atoms with van der Waals surface area (Å²) in [6.07, 6.45) is 10.8. The van der Waals surface area contributed by atoms with Gasteiger partial charge in [0.2, 0.25) is 5.95 Å². The van der Waals surface area contributed by atoms with Crippen LogP contribution in [0.1, 0.15) is 25.0 Å². The smallest absolute Gasteiger partial charge is 0.341 e. The van der Waals surface area contributed by atoms with Crippen molar-refractivity contribution in [2.24, 2.45) is 7.05 Å². The van der Waals surface area contributed by atoms with Gasteiger partial charge in [-0.1, -0.05) is 0 Å². The Morgan fingerprint density at radius 3 is 2.45 bits per heavy atom. The highest BCUT2D eigenvalue weighted by atomic mass is 16.2. The molecule has 0 spiro atoms. The van der Waals surface area contributed by atoms with Gasteiger partial charge < -0.3 is 10.6 Å². The van der Waals surface area contributed by atoms with Crippen LogP contribution < -0.4 is 21.9 Å². The number of pyridine rings is 2. The molecule has 0 amide bonds. The summed E-state index contributed by atoms with van der Waals surface area (Å²) in [4.78, 5) is 39.9. The monoisotopic (exact) mass is 511 g/mol. The fraction of sp³-hybridized carbons (Fsp3) is 0.280. The Kier molecular flexibility index (Phi) is 5.86. The lowest BCUT2D eigenvalue weighted by atomic mass is 10.2. The fourth-order valence-electron chi connectivity index (χ4n) is 4.78. The molecule has 5 heterocycles. The van der Waals surface area contributed by atoms with E-state index in [4.69, 9.17) is 0 Å². The van der Waals surface area contributed by atoms with Gasteiger partial charge >= 0.3 is 5.69 Å². The molecule has 2 N–H and O–H groups in total. The number of fused-ring (bicyclic) bond motifs is 1. The van der Waals surface area contributed by atoms with Crippen LogP contribution in [0.4, 0.5) is 11.8 Å². The lowest BCUT2D eigenvalue weighted by Crippen LogP contribution is -2.38. The van der Waals surface area contributed by atoms with E-state index in [2.05, 4.69) is 40.9 Å². The van der Waals surface area contributed by atoms with E-state index in [-0.39, 0.29) is 17.6 Å². The highest BCUT2D eigenvalue weighted by Gasteiger charge is 2.25. The normalized spacial score (nSPS) is 17.1. The van der Waals surface area contributed by atoms with Gasteiger partial charge in [0.1, 0.15) is 5.82 Å². The Hall–Kier alpha value is -4.94. The lowest BCUT2D eigenvalue weighted by molar-refractivity contribution is 0.712. The Bertz CT molecular complexity index is 1720. The Balaban J connectivity index is 1.25. The third-order valence-electron chi connectivity index (χ3n) is 6.57. The van der Waals surface area contributed by atoms with Crippen LogP contribution in [-0.4, -0.2) is 56.1 Å². The summed E-state index contributed by atoms with van der Waals surface area (Å²) in [7, 11) is 1.76. The van der Waals surface area contributed by atoms with Gasteiger partial charge in [-0.05, 0) is 50.5 Å². The van der Waals surface area contributed by atoms with E-state index in [9.17, 15) is 9.59 Å². The van der Waals surface area contributed by atoms with Crippen molar-refractivity contribution in [1.82, 2.24) is 44.1 Å². The molecular formula is C25H25N11O2. The van der Waals surface area contributed by atoms with Gasteiger partial charge in [-0.2, -0.15) is 10.2 Å². The van der Waals surface area contributed by atoms with Gasteiger partial charge in [0.05, 0.1) is 41.2 Å². The molecule has 192 valence electrons. The van der Waals surface area contributed by atoms with E-state index < -0.39 is 11.2 Å². The predicted molar refractivity (Wildman–Crippen MR) is 141 cm³/mol. The average molecular weight is 512 g/mol. The zero-order valence-corrected chi connectivity index (χ0v) is 20.8. The molecule has 1 saturated carbocycles. The van der Waals surface area contributed by atoms with E-state index in [1.165, 1.54) is 17.0 Å². The molecule has 38 heavy (non-hydrogen) atoms. The molecule has 0 radical (unpaired) electrons. The van der Waals surface area contributed by atoms with Crippen LogP contribution in [0.3, 0.4) is 0 Å². The molecule has 5 aromatic rings. The molecule has 0 aliphatic heterocycles. The van der Waals surface area contributed by atoms with E-state index in [1.54, 1.807) is 54.6 Å². The second kappa shape index (κ2) is 9.50. The number of rotatable bonds is 6. The molecule has 0 bridgehead atoms. The van der Waals surface area contributed by atoms with Gasteiger partial charge in [0.25, 0.3) is 5.56 Å². The summed E-state index contributed by atoms with van der Waals surface area (Å²) >= 11 is 0. The van der Waals surface area contributed by atoms with Crippen molar-refractivity contribution in [3.8, 4) is 11.4 Å². The average Bonchev–Trinajstić information content (AvgIpc) is 3.55. The summed E-state index contributed by atoms with van der Waals surface area (Å²) in [6, 6.07) is 7.29. The zero-order chi connectivity index (χ0) is 26.2.